The molecule has 0 spiro atoms. The van der Waals surface area contributed by atoms with Crippen LogP contribution in [-0.2, 0) is 20.2 Å². The lowest BCUT2D eigenvalue weighted by Gasteiger charge is -2.23. The first kappa shape index (κ1) is 16.3. The van der Waals surface area contributed by atoms with Crippen molar-refractivity contribution in [1.82, 2.24) is 5.32 Å². The van der Waals surface area contributed by atoms with Crippen LogP contribution in [0.15, 0.2) is 23.1 Å². The molecule has 7 heteroatoms. The maximum atomic E-state index is 12.4. The van der Waals surface area contributed by atoms with E-state index in [4.69, 9.17) is 15.4 Å². The van der Waals surface area contributed by atoms with Gasteiger partial charge in [0.1, 0.15) is 0 Å². The van der Waals surface area contributed by atoms with Gasteiger partial charge in [0.2, 0.25) is 0 Å². The molecule has 1 amide bonds. The van der Waals surface area contributed by atoms with Crippen molar-refractivity contribution in [2.45, 2.75) is 37.1 Å². The fourth-order valence-corrected chi connectivity index (χ4v) is 3.12. The number of rotatable bonds is 4. The number of aryl methyl sites for hydroxylation is 1. The second kappa shape index (κ2) is 6.77. The number of carbonyl (C=O) groups excluding carboxylic acids is 1. The highest BCUT2D eigenvalue weighted by Crippen LogP contribution is 2.20. The lowest BCUT2D eigenvalue weighted by molar-refractivity contribution is 0.0623. The van der Waals surface area contributed by atoms with Crippen molar-refractivity contribution in [2.24, 2.45) is 0 Å². The van der Waals surface area contributed by atoms with Gasteiger partial charge in [0.05, 0.1) is 17.5 Å². The summed E-state index contributed by atoms with van der Waals surface area (Å²) in [4.78, 5) is 12.3. The number of ether oxygens (including phenoxy) is 1. The van der Waals surface area contributed by atoms with Crippen LogP contribution in [0.2, 0.25) is 0 Å². The van der Waals surface area contributed by atoms with Gasteiger partial charge in [-0.05, 0) is 37.0 Å². The van der Waals surface area contributed by atoms with E-state index in [2.05, 4.69) is 5.32 Å². The molecular weight excluding hydrogens is 314 g/mol. The van der Waals surface area contributed by atoms with E-state index in [0.29, 0.717) is 25.2 Å². The Morgan fingerprint density at radius 2 is 2.24 bits per heavy atom. The van der Waals surface area contributed by atoms with Crippen molar-refractivity contribution in [3.63, 3.8) is 0 Å². The Hall–Kier alpha value is -1.11. The summed E-state index contributed by atoms with van der Waals surface area (Å²) in [5.74, 6) is -0.287. The molecule has 0 saturated carbocycles. The average molecular weight is 332 g/mol. The van der Waals surface area contributed by atoms with E-state index in [1.54, 1.807) is 6.07 Å². The van der Waals surface area contributed by atoms with E-state index >= 15 is 0 Å². The van der Waals surface area contributed by atoms with Crippen LogP contribution in [0.5, 0.6) is 0 Å². The Labute approximate surface area is 129 Å². The van der Waals surface area contributed by atoms with Crippen molar-refractivity contribution < 1.29 is 17.9 Å². The van der Waals surface area contributed by atoms with E-state index < -0.39 is 9.05 Å². The van der Waals surface area contributed by atoms with Gasteiger partial charge in [-0.3, -0.25) is 4.79 Å². The molecule has 1 aliphatic rings. The molecule has 1 fully saturated rings. The van der Waals surface area contributed by atoms with Gasteiger partial charge in [0.25, 0.3) is 15.0 Å². The van der Waals surface area contributed by atoms with Gasteiger partial charge < -0.3 is 10.1 Å². The van der Waals surface area contributed by atoms with Crippen LogP contribution in [0, 0.1) is 0 Å². The van der Waals surface area contributed by atoms with Crippen LogP contribution in [0.4, 0.5) is 0 Å². The van der Waals surface area contributed by atoms with Crippen LogP contribution in [0.3, 0.4) is 0 Å². The summed E-state index contributed by atoms with van der Waals surface area (Å²) in [5.41, 5.74) is 1.14. The van der Waals surface area contributed by atoms with Gasteiger partial charge in [-0.2, -0.15) is 0 Å². The first-order valence-electron chi connectivity index (χ1n) is 6.88. The number of hydrogen-bond acceptors (Lipinski definition) is 4. The summed E-state index contributed by atoms with van der Waals surface area (Å²) in [7, 11) is 1.49. The van der Waals surface area contributed by atoms with Crippen molar-refractivity contribution in [3.8, 4) is 0 Å². The summed E-state index contributed by atoms with van der Waals surface area (Å²) in [6.45, 7) is 3.11. The Bertz CT molecular complexity index is 624. The zero-order valence-corrected chi connectivity index (χ0v) is 13.3. The molecule has 1 atom stereocenters. The lowest BCUT2D eigenvalue weighted by atomic mass is 10.0. The summed E-state index contributed by atoms with van der Waals surface area (Å²) in [5, 5.41) is 2.89. The molecule has 0 bridgehead atoms. The number of benzene rings is 1. The van der Waals surface area contributed by atoms with Gasteiger partial charge in [0.15, 0.2) is 0 Å². The maximum Gasteiger partial charge on any atom is 0.261 e. The topological polar surface area (TPSA) is 72.5 Å². The first-order chi connectivity index (χ1) is 9.91. The molecule has 21 heavy (non-hydrogen) atoms. The maximum absolute atomic E-state index is 12.4. The Balaban J connectivity index is 2.25. The molecule has 1 aromatic carbocycles. The Morgan fingerprint density at radius 3 is 2.81 bits per heavy atom. The second-order valence-electron chi connectivity index (χ2n) is 5.00. The zero-order chi connectivity index (χ0) is 15.5. The number of amides is 1. The summed E-state index contributed by atoms with van der Waals surface area (Å²) >= 11 is 0. The fourth-order valence-electron chi connectivity index (χ4n) is 2.34. The molecule has 1 saturated heterocycles. The third kappa shape index (κ3) is 4.18. The minimum Gasteiger partial charge on any atom is -0.379 e. The number of carbonyl (C=O) groups is 1. The van der Waals surface area contributed by atoms with E-state index in [0.717, 1.165) is 18.4 Å². The first-order valence-corrected chi connectivity index (χ1v) is 9.19. The predicted molar refractivity (Wildman–Crippen MR) is 80.2 cm³/mol. The standard InChI is InChI=1S/C14H18ClNO4S/c1-2-10-5-6-12(21(15,18)19)8-13(10)14(17)16-11-4-3-7-20-9-11/h5-6,8,11H,2-4,7,9H2,1H3,(H,16,17). The minimum atomic E-state index is -3.85. The number of nitrogens with one attached hydrogen (secondary N) is 1. The molecule has 0 aliphatic carbocycles. The molecule has 0 aromatic heterocycles. The van der Waals surface area contributed by atoms with Crippen LogP contribution < -0.4 is 5.32 Å². The summed E-state index contributed by atoms with van der Waals surface area (Å²) in [6.07, 6.45) is 2.40. The monoisotopic (exact) mass is 331 g/mol. The third-order valence-electron chi connectivity index (χ3n) is 3.48. The second-order valence-corrected chi connectivity index (χ2v) is 7.56. The highest BCUT2D eigenvalue weighted by molar-refractivity contribution is 8.13. The average Bonchev–Trinajstić information content (AvgIpc) is 2.46. The van der Waals surface area contributed by atoms with Gasteiger partial charge in [0, 0.05) is 22.9 Å². The van der Waals surface area contributed by atoms with E-state index in [-0.39, 0.29) is 16.8 Å². The third-order valence-corrected chi connectivity index (χ3v) is 4.84. The SMILES string of the molecule is CCc1ccc(S(=O)(=O)Cl)cc1C(=O)NC1CCCOC1. The molecular formula is C14H18ClNO4S. The molecule has 2 rings (SSSR count). The van der Waals surface area contributed by atoms with Crippen molar-refractivity contribution >= 4 is 25.6 Å². The van der Waals surface area contributed by atoms with E-state index in [1.807, 2.05) is 6.92 Å². The molecule has 1 aliphatic heterocycles. The van der Waals surface area contributed by atoms with Crippen LogP contribution in [-0.4, -0.2) is 33.6 Å². The predicted octanol–water partition coefficient (Wildman–Crippen LogP) is 2.09. The van der Waals surface area contributed by atoms with Crippen molar-refractivity contribution in [2.75, 3.05) is 13.2 Å². The van der Waals surface area contributed by atoms with Crippen LogP contribution in [0.1, 0.15) is 35.7 Å². The number of halogens is 1. The van der Waals surface area contributed by atoms with Crippen LogP contribution >= 0.6 is 10.7 Å². The molecule has 116 valence electrons. The van der Waals surface area contributed by atoms with Gasteiger partial charge in [-0.25, -0.2) is 8.42 Å². The van der Waals surface area contributed by atoms with Gasteiger partial charge in [-0.1, -0.05) is 13.0 Å². The van der Waals surface area contributed by atoms with Crippen molar-refractivity contribution in [3.05, 3.63) is 29.3 Å². The highest BCUT2D eigenvalue weighted by atomic mass is 35.7. The fraction of sp³-hybridized carbons (Fsp3) is 0.500. The largest absolute Gasteiger partial charge is 0.379 e. The molecule has 5 nitrogen and oxygen atoms in total. The molecule has 0 radical (unpaired) electrons. The zero-order valence-electron chi connectivity index (χ0n) is 11.8. The minimum absolute atomic E-state index is 0.0350. The normalized spacial score (nSPS) is 19.2. The Morgan fingerprint density at radius 1 is 1.48 bits per heavy atom. The van der Waals surface area contributed by atoms with Crippen LogP contribution in [0.25, 0.3) is 0 Å². The van der Waals surface area contributed by atoms with Gasteiger partial charge in [-0.15, -0.1) is 0 Å². The summed E-state index contributed by atoms with van der Waals surface area (Å²) in [6, 6.07) is 4.34. The Kier molecular flexibility index (Phi) is 5.24. The molecule has 1 N–H and O–H groups in total. The highest BCUT2D eigenvalue weighted by Gasteiger charge is 2.20. The number of hydrogen-bond donors (Lipinski definition) is 1. The van der Waals surface area contributed by atoms with E-state index in [1.165, 1.54) is 12.1 Å². The van der Waals surface area contributed by atoms with Gasteiger partial charge >= 0.3 is 0 Å². The molecule has 1 unspecified atom stereocenters. The summed E-state index contributed by atoms with van der Waals surface area (Å²) < 4.78 is 28.1. The molecule has 1 aromatic rings. The lowest BCUT2D eigenvalue weighted by Crippen LogP contribution is -2.40. The molecule has 1 heterocycles. The van der Waals surface area contributed by atoms with Crippen molar-refractivity contribution in [1.29, 1.82) is 0 Å². The quantitative estimate of drug-likeness (QED) is 0.857. The van der Waals surface area contributed by atoms with E-state index in [9.17, 15) is 13.2 Å². The smallest absolute Gasteiger partial charge is 0.261 e.